The Labute approximate surface area is 207 Å². The number of piperidine rings is 1. The summed E-state index contributed by atoms with van der Waals surface area (Å²) >= 11 is 0. The first-order valence-corrected chi connectivity index (χ1v) is 12.2. The molecule has 9 heteroatoms. The average Bonchev–Trinajstić information content (AvgIpc) is 2.78. The Morgan fingerprint density at radius 1 is 1.09 bits per heavy atom. The zero-order valence-corrected chi connectivity index (χ0v) is 21.5. The Bertz CT molecular complexity index is 965. The number of hydrogen-bond donors (Lipinski definition) is 2. The summed E-state index contributed by atoms with van der Waals surface area (Å²) < 4.78 is 40.4. The van der Waals surface area contributed by atoms with Crippen LogP contribution in [0.1, 0.15) is 25.3 Å². The van der Waals surface area contributed by atoms with Crippen molar-refractivity contribution in [3.8, 4) is 0 Å². The van der Waals surface area contributed by atoms with Crippen LogP contribution < -0.4 is 10.6 Å². The summed E-state index contributed by atoms with van der Waals surface area (Å²) in [5.74, 6) is 0.859. The van der Waals surface area contributed by atoms with Crippen LogP contribution in [0.5, 0.6) is 0 Å². The zero-order chi connectivity index (χ0) is 22.1. The van der Waals surface area contributed by atoms with Crippen LogP contribution in [-0.2, 0) is 16.4 Å². The molecule has 32 heavy (non-hydrogen) atoms. The van der Waals surface area contributed by atoms with Crippen molar-refractivity contribution in [3.63, 3.8) is 0 Å². The summed E-state index contributed by atoms with van der Waals surface area (Å²) in [5, 5.41) is 6.53. The zero-order valence-electron chi connectivity index (χ0n) is 18.3. The number of sulfonamides is 1. The van der Waals surface area contributed by atoms with Crippen molar-refractivity contribution in [1.29, 1.82) is 0 Å². The lowest BCUT2D eigenvalue weighted by Crippen LogP contribution is -2.40. The van der Waals surface area contributed by atoms with Crippen molar-refractivity contribution in [2.75, 3.05) is 32.7 Å². The number of nitrogens with one attached hydrogen (secondary N) is 2. The molecule has 1 aliphatic rings. The SMILES string of the molecule is CCNC(=NCC1CCN(S(=O)(=O)c2ccccc2)CC1)NCCc1cccc(F)c1.I. The number of guanidine groups is 1. The Hall–Kier alpha value is -1.72. The summed E-state index contributed by atoms with van der Waals surface area (Å²) in [6, 6.07) is 15.2. The van der Waals surface area contributed by atoms with Gasteiger partial charge in [-0.05, 0) is 61.9 Å². The quantitative estimate of drug-likeness (QED) is 0.287. The normalized spacial score (nSPS) is 15.8. The molecule has 1 saturated heterocycles. The Morgan fingerprint density at radius 3 is 2.47 bits per heavy atom. The summed E-state index contributed by atoms with van der Waals surface area (Å²) in [6.45, 7) is 5.09. The van der Waals surface area contributed by atoms with E-state index < -0.39 is 10.0 Å². The summed E-state index contributed by atoms with van der Waals surface area (Å²) in [4.78, 5) is 5.03. The van der Waals surface area contributed by atoms with E-state index in [9.17, 15) is 12.8 Å². The molecule has 0 aliphatic carbocycles. The van der Waals surface area contributed by atoms with Crippen LogP contribution >= 0.6 is 24.0 Å². The predicted molar refractivity (Wildman–Crippen MR) is 137 cm³/mol. The maximum absolute atomic E-state index is 13.3. The second-order valence-electron chi connectivity index (χ2n) is 7.69. The molecular formula is C23H32FIN4O2S. The highest BCUT2D eigenvalue weighted by molar-refractivity contribution is 14.0. The number of halogens is 2. The Balaban J connectivity index is 0.00000363. The molecule has 2 N–H and O–H groups in total. The van der Waals surface area contributed by atoms with E-state index in [-0.39, 0.29) is 29.8 Å². The minimum Gasteiger partial charge on any atom is -0.357 e. The van der Waals surface area contributed by atoms with Crippen molar-refractivity contribution in [2.45, 2.75) is 31.1 Å². The van der Waals surface area contributed by atoms with Crippen molar-refractivity contribution in [3.05, 3.63) is 66.0 Å². The third-order valence-electron chi connectivity index (χ3n) is 5.40. The molecule has 0 aromatic heterocycles. The highest BCUT2D eigenvalue weighted by atomic mass is 127. The van der Waals surface area contributed by atoms with Crippen molar-refractivity contribution in [2.24, 2.45) is 10.9 Å². The van der Waals surface area contributed by atoms with Crippen LogP contribution in [0.2, 0.25) is 0 Å². The topological polar surface area (TPSA) is 73.8 Å². The first-order valence-electron chi connectivity index (χ1n) is 10.8. The first-order chi connectivity index (χ1) is 15.0. The molecule has 2 aromatic rings. The standard InChI is InChI=1S/C23H31FN4O2S.HI/c1-2-25-23(26-14-11-19-7-6-8-21(24)17-19)27-18-20-12-15-28(16-13-20)31(29,30)22-9-4-3-5-10-22;/h3-10,17,20H,2,11-16,18H2,1H3,(H2,25,26,27);1H. The fourth-order valence-corrected chi connectivity index (χ4v) is 5.14. The third kappa shape index (κ3) is 7.70. The minimum absolute atomic E-state index is 0. The molecular weight excluding hydrogens is 542 g/mol. The van der Waals surface area contributed by atoms with Gasteiger partial charge in [0, 0.05) is 32.7 Å². The molecule has 176 valence electrons. The molecule has 0 unspecified atom stereocenters. The number of aliphatic imine (C=N–C) groups is 1. The van der Waals surface area contributed by atoms with E-state index >= 15 is 0 Å². The van der Waals surface area contributed by atoms with Gasteiger partial charge in [-0.3, -0.25) is 4.99 Å². The highest BCUT2D eigenvalue weighted by Crippen LogP contribution is 2.23. The third-order valence-corrected chi connectivity index (χ3v) is 7.31. The van der Waals surface area contributed by atoms with Gasteiger partial charge in [-0.1, -0.05) is 30.3 Å². The second kappa shape index (κ2) is 13.1. The average molecular weight is 575 g/mol. The van der Waals surface area contributed by atoms with E-state index in [1.54, 1.807) is 40.7 Å². The molecule has 1 aliphatic heterocycles. The minimum atomic E-state index is -3.42. The molecule has 2 aromatic carbocycles. The smallest absolute Gasteiger partial charge is 0.243 e. The van der Waals surface area contributed by atoms with Gasteiger partial charge in [0.05, 0.1) is 4.90 Å². The fourth-order valence-electron chi connectivity index (χ4n) is 3.65. The lowest BCUT2D eigenvalue weighted by atomic mass is 9.98. The molecule has 0 atom stereocenters. The molecule has 0 spiro atoms. The van der Waals surface area contributed by atoms with E-state index in [0.29, 0.717) is 43.4 Å². The van der Waals surface area contributed by atoms with Crippen LogP contribution in [0, 0.1) is 11.7 Å². The molecule has 3 rings (SSSR count). The van der Waals surface area contributed by atoms with E-state index in [4.69, 9.17) is 0 Å². The van der Waals surface area contributed by atoms with E-state index in [2.05, 4.69) is 15.6 Å². The lowest BCUT2D eigenvalue weighted by Gasteiger charge is -2.30. The molecule has 6 nitrogen and oxygen atoms in total. The van der Waals surface area contributed by atoms with Crippen LogP contribution in [0.4, 0.5) is 4.39 Å². The van der Waals surface area contributed by atoms with Crippen LogP contribution in [0.3, 0.4) is 0 Å². The number of benzene rings is 2. The largest absolute Gasteiger partial charge is 0.357 e. The predicted octanol–water partition coefficient (Wildman–Crippen LogP) is 3.64. The highest BCUT2D eigenvalue weighted by Gasteiger charge is 2.29. The van der Waals surface area contributed by atoms with Gasteiger partial charge in [0.25, 0.3) is 0 Å². The molecule has 0 amide bonds. The van der Waals surface area contributed by atoms with Gasteiger partial charge in [0.1, 0.15) is 5.82 Å². The Morgan fingerprint density at radius 2 is 1.81 bits per heavy atom. The number of rotatable bonds is 8. The van der Waals surface area contributed by atoms with Gasteiger partial charge in [-0.2, -0.15) is 4.31 Å². The van der Waals surface area contributed by atoms with E-state index in [0.717, 1.165) is 30.9 Å². The summed E-state index contributed by atoms with van der Waals surface area (Å²) in [6.07, 6.45) is 2.29. The van der Waals surface area contributed by atoms with Crippen molar-refractivity contribution in [1.82, 2.24) is 14.9 Å². The monoisotopic (exact) mass is 574 g/mol. The number of hydrogen-bond acceptors (Lipinski definition) is 3. The van der Waals surface area contributed by atoms with E-state index in [1.165, 1.54) is 6.07 Å². The maximum Gasteiger partial charge on any atom is 0.243 e. The van der Waals surface area contributed by atoms with Gasteiger partial charge < -0.3 is 10.6 Å². The first kappa shape index (κ1) is 26.5. The molecule has 1 fully saturated rings. The van der Waals surface area contributed by atoms with Gasteiger partial charge >= 0.3 is 0 Å². The molecule has 1 heterocycles. The molecule has 0 saturated carbocycles. The summed E-state index contributed by atoms with van der Waals surface area (Å²) in [5.41, 5.74) is 0.940. The van der Waals surface area contributed by atoms with Crippen LogP contribution in [-0.4, -0.2) is 51.4 Å². The van der Waals surface area contributed by atoms with Crippen molar-refractivity contribution >= 4 is 40.0 Å². The van der Waals surface area contributed by atoms with Gasteiger partial charge in [0.2, 0.25) is 10.0 Å². The van der Waals surface area contributed by atoms with Gasteiger partial charge in [0.15, 0.2) is 5.96 Å². The summed E-state index contributed by atoms with van der Waals surface area (Å²) in [7, 11) is -3.42. The second-order valence-corrected chi connectivity index (χ2v) is 9.62. The van der Waals surface area contributed by atoms with Gasteiger partial charge in [-0.15, -0.1) is 24.0 Å². The van der Waals surface area contributed by atoms with Gasteiger partial charge in [-0.25, -0.2) is 12.8 Å². The van der Waals surface area contributed by atoms with E-state index in [1.807, 2.05) is 19.1 Å². The molecule has 0 radical (unpaired) electrons. The van der Waals surface area contributed by atoms with Crippen LogP contribution in [0.15, 0.2) is 64.5 Å². The van der Waals surface area contributed by atoms with Crippen LogP contribution in [0.25, 0.3) is 0 Å². The molecule has 0 bridgehead atoms. The fraction of sp³-hybridized carbons (Fsp3) is 0.435. The Kier molecular flexibility index (Phi) is 10.9. The lowest BCUT2D eigenvalue weighted by molar-refractivity contribution is 0.278. The van der Waals surface area contributed by atoms with Crippen molar-refractivity contribution < 1.29 is 12.8 Å². The maximum atomic E-state index is 13.3. The number of nitrogens with zero attached hydrogens (tertiary/aromatic N) is 2.